The lowest BCUT2D eigenvalue weighted by molar-refractivity contribution is 0.103. The van der Waals surface area contributed by atoms with Crippen LogP contribution in [0, 0.1) is 5.92 Å². The summed E-state index contributed by atoms with van der Waals surface area (Å²) >= 11 is 0. The van der Waals surface area contributed by atoms with Crippen molar-refractivity contribution in [2.75, 3.05) is 19.8 Å². The fourth-order valence-electron chi connectivity index (χ4n) is 0.588. The first-order valence-electron chi connectivity index (χ1n) is 4.09. The lowest BCUT2D eigenvalue weighted by Gasteiger charge is -2.07. The van der Waals surface area contributed by atoms with E-state index in [9.17, 15) is 0 Å². The van der Waals surface area contributed by atoms with Gasteiger partial charge in [0, 0.05) is 13.2 Å². The van der Waals surface area contributed by atoms with E-state index >= 15 is 0 Å². The van der Waals surface area contributed by atoms with Crippen LogP contribution in [0.25, 0.3) is 0 Å². The maximum atomic E-state index is 5.35. The predicted molar refractivity (Wildman–Crippen MR) is 43.9 cm³/mol. The average Bonchev–Trinajstić information content (AvgIpc) is 1.98. The van der Waals surface area contributed by atoms with Gasteiger partial charge >= 0.3 is 0 Å². The Morgan fingerprint density at radius 3 is 2.70 bits per heavy atom. The van der Waals surface area contributed by atoms with Crippen LogP contribution in [-0.4, -0.2) is 19.8 Å². The quantitative estimate of drug-likeness (QED) is 0.573. The van der Waals surface area contributed by atoms with Gasteiger partial charge in [-0.3, -0.25) is 0 Å². The first kappa shape index (κ1) is 9.92. The summed E-state index contributed by atoms with van der Waals surface area (Å²) in [7, 11) is 0. The number of rotatable bonds is 6. The minimum atomic E-state index is 0.692. The molecule has 0 saturated heterocycles. The molecule has 0 spiro atoms. The molecule has 0 saturated carbocycles. The fraction of sp³-hybridized carbons (Fsp3) is 1.00. The summed E-state index contributed by atoms with van der Waals surface area (Å²) in [6.07, 6.45) is 2.18. The Balaban J connectivity index is 2.89. The van der Waals surface area contributed by atoms with E-state index < -0.39 is 0 Å². The van der Waals surface area contributed by atoms with Gasteiger partial charge in [0.2, 0.25) is 0 Å². The van der Waals surface area contributed by atoms with E-state index in [0.29, 0.717) is 5.92 Å². The van der Waals surface area contributed by atoms with Crippen LogP contribution in [0.1, 0.15) is 26.7 Å². The molecule has 0 amide bonds. The SMILES string of the molecule is CCC(C)COCCCN. The number of nitrogens with two attached hydrogens (primary N) is 1. The molecule has 0 aromatic carbocycles. The summed E-state index contributed by atoms with van der Waals surface area (Å²) in [5.74, 6) is 0.692. The zero-order valence-electron chi connectivity index (χ0n) is 7.10. The van der Waals surface area contributed by atoms with Gasteiger partial charge in [-0.05, 0) is 18.9 Å². The highest BCUT2D eigenvalue weighted by molar-refractivity contribution is 4.46. The first-order chi connectivity index (χ1) is 4.81. The lowest BCUT2D eigenvalue weighted by atomic mass is 10.1. The average molecular weight is 145 g/mol. The zero-order chi connectivity index (χ0) is 7.82. The highest BCUT2D eigenvalue weighted by Crippen LogP contribution is 2.00. The maximum Gasteiger partial charge on any atom is 0.0491 e. The molecule has 0 bridgehead atoms. The van der Waals surface area contributed by atoms with Crippen molar-refractivity contribution >= 4 is 0 Å². The molecule has 0 rings (SSSR count). The minimum Gasteiger partial charge on any atom is -0.381 e. The summed E-state index contributed by atoms with van der Waals surface area (Å²) in [5.41, 5.74) is 5.30. The van der Waals surface area contributed by atoms with Crippen molar-refractivity contribution in [3.05, 3.63) is 0 Å². The fourth-order valence-corrected chi connectivity index (χ4v) is 0.588. The Bertz CT molecular complexity index is 66.3. The first-order valence-corrected chi connectivity index (χ1v) is 4.09. The van der Waals surface area contributed by atoms with E-state index in [0.717, 1.165) is 26.2 Å². The van der Waals surface area contributed by atoms with Gasteiger partial charge in [0.15, 0.2) is 0 Å². The summed E-state index contributed by atoms with van der Waals surface area (Å²) < 4.78 is 5.35. The molecule has 0 heterocycles. The molecule has 62 valence electrons. The summed E-state index contributed by atoms with van der Waals surface area (Å²) in [4.78, 5) is 0. The molecule has 2 N–H and O–H groups in total. The topological polar surface area (TPSA) is 35.2 Å². The predicted octanol–water partition coefficient (Wildman–Crippen LogP) is 1.40. The molecule has 2 nitrogen and oxygen atoms in total. The van der Waals surface area contributed by atoms with E-state index in [1.54, 1.807) is 0 Å². The second kappa shape index (κ2) is 7.03. The highest BCUT2D eigenvalue weighted by atomic mass is 16.5. The molecule has 0 radical (unpaired) electrons. The largest absolute Gasteiger partial charge is 0.381 e. The third kappa shape index (κ3) is 6.05. The standard InChI is InChI=1S/C8H19NO/c1-3-8(2)7-10-6-4-5-9/h8H,3-7,9H2,1-2H3. The van der Waals surface area contributed by atoms with Gasteiger partial charge < -0.3 is 10.5 Å². The van der Waals surface area contributed by atoms with E-state index in [2.05, 4.69) is 13.8 Å². The van der Waals surface area contributed by atoms with Crippen LogP contribution in [0.4, 0.5) is 0 Å². The van der Waals surface area contributed by atoms with Crippen molar-refractivity contribution in [2.24, 2.45) is 11.7 Å². The highest BCUT2D eigenvalue weighted by Gasteiger charge is 1.96. The third-order valence-corrected chi connectivity index (χ3v) is 1.59. The van der Waals surface area contributed by atoms with Crippen molar-refractivity contribution in [2.45, 2.75) is 26.7 Å². The lowest BCUT2D eigenvalue weighted by Crippen LogP contribution is -2.09. The van der Waals surface area contributed by atoms with Gasteiger partial charge in [0.1, 0.15) is 0 Å². The van der Waals surface area contributed by atoms with Gasteiger partial charge in [-0.15, -0.1) is 0 Å². The molecule has 1 unspecified atom stereocenters. The molecule has 0 aromatic heterocycles. The van der Waals surface area contributed by atoms with E-state index in [-0.39, 0.29) is 0 Å². The Morgan fingerprint density at radius 1 is 1.50 bits per heavy atom. The molecule has 0 aliphatic rings. The molecule has 0 fully saturated rings. The zero-order valence-corrected chi connectivity index (χ0v) is 7.10. The molecule has 10 heavy (non-hydrogen) atoms. The summed E-state index contributed by atoms with van der Waals surface area (Å²) in [6.45, 7) is 6.82. The van der Waals surface area contributed by atoms with Crippen LogP contribution in [0.15, 0.2) is 0 Å². The molecule has 1 atom stereocenters. The molecule has 0 aliphatic heterocycles. The molecule has 0 aromatic rings. The summed E-state index contributed by atoms with van der Waals surface area (Å²) in [6, 6.07) is 0. The van der Waals surface area contributed by atoms with Gasteiger partial charge in [-0.1, -0.05) is 20.3 Å². The van der Waals surface area contributed by atoms with Crippen LogP contribution in [-0.2, 0) is 4.74 Å². The molecular formula is C8H19NO. The van der Waals surface area contributed by atoms with Gasteiger partial charge in [-0.25, -0.2) is 0 Å². The van der Waals surface area contributed by atoms with Crippen LogP contribution in [0.3, 0.4) is 0 Å². The number of hydrogen-bond acceptors (Lipinski definition) is 2. The van der Waals surface area contributed by atoms with Crippen molar-refractivity contribution in [1.29, 1.82) is 0 Å². The van der Waals surface area contributed by atoms with Gasteiger partial charge in [-0.2, -0.15) is 0 Å². The van der Waals surface area contributed by atoms with Gasteiger partial charge in [0.25, 0.3) is 0 Å². The maximum absolute atomic E-state index is 5.35. The van der Waals surface area contributed by atoms with E-state index in [1.165, 1.54) is 6.42 Å². The normalized spacial score (nSPS) is 13.5. The van der Waals surface area contributed by atoms with Gasteiger partial charge in [0.05, 0.1) is 0 Å². The van der Waals surface area contributed by atoms with Crippen molar-refractivity contribution in [1.82, 2.24) is 0 Å². The Morgan fingerprint density at radius 2 is 2.20 bits per heavy atom. The third-order valence-electron chi connectivity index (χ3n) is 1.59. The van der Waals surface area contributed by atoms with E-state index in [4.69, 9.17) is 10.5 Å². The number of ether oxygens (including phenoxy) is 1. The van der Waals surface area contributed by atoms with Crippen LogP contribution in [0.5, 0.6) is 0 Å². The monoisotopic (exact) mass is 145 g/mol. The Kier molecular flexibility index (Phi) is 6.98. The second-order valence-electron chi connectivity index (χ2n) is 2.73. The van der Waals surface area contributed by atoms with Crippen LogP contribution < -0.4 is 5.73 Å². The van der Waals surface area contributed by atoms with E-state index in [1.807, 2.05) is 0 Å². The molecular weight excluding hydrogens is 126 g/mol. The number of hydrogen-bond donors (Lipinski definition) is 1. The van der Waals surface area contributed by atoms with Crippen molar-refractivity contribution < 1.29 is 4.74 Å². The molecule has 2 heteroatoms. The van der Waals surface area contributed by atoms with Crippen LogP contribution in [0.2, 0.25) is 0 Å². The van der Waals surface area contributed by atoms with Crippen molar-refractivity contribution in [3.8, 4) is 0 Å². The Hall–Kier alpha value is -0.0800. The minimum absolute atomic E-state index is 0.692. The second-order valence-corrected chi connectivity index (χ2v) is 2.73. The Labute approximate surface area is 63.7 Å². The smallest absolute Gasteiger partial charge is 0.0491 e. The molecule has 0 aliphatic carbocycles. The summed E-state index contributed by atoms with van der Waals surface area (Å²) in [5, 5.41) is 0. The van der Waals surface area contributed by atoms with Crippen molar-refractivity contribution in [3.63, 3.8) is 0 Å². The van der Waals surface area contributed by atoms with Crippen LogP contribution >= 0.6 is 0 Å².